The zero-order chi connectivity index (χ0) is 16.6. The fourth-order valence-electron chi connectivity index (χ4n) is 2.00. The topological polar surface area (TPSA) is 129 Å². The fraction of sp³-hybridized carbons (Fsp3) is 0. The van der Waals surface area contributed by atoms with Gasteiger partial charge in [0, 0.05) is 11.8 Å². The van der Waals surface area contributed by atoms with E-state index in [-0.39, 0.29) is 11.4 Å². The minimum Gasteiger partial charge on any atom is -0.414 e. The Morgan fingerprint density at radius 2 is 1.83 bits per heavy atom. The predicted octanol–water partition coefficient (Wildman–Crippen LogP) is 3.41. The quantitative estimate of drug-likeness (QED) is 0.572. The number of hydrogen-bond acceptors (Lipinski definition) is 8. The van der Waals surface area contributed by atoms with Gasteiger partial charge in [-0.2, -0.15) is 0 Å². The molecule has 10 heteroatoms. The highest BCUT2D eigenvalue weighted by atomic mass is 32.1. The van der Waals surface area contributed by atoms with Crippen molar-refractivity contribution in [2.45, 2.75) is 0 Å². The Balaban J connectivity index is 2.01. The number of nitrogens with zero attached hydrogens (tertiary/aromatic N) is 2. The van der Waals surface area contributed by atoms with E-state index in [1.54, 1.807) is 18.2 Å². The summed E-state index contributed by atoms with van der Waals surface area (Å²) in [6.45, 7) is 0. The number of benzene rings is 2. The molecule has 23 heavy (non-hydrogen) atoms. The van der Waals surface area contributed by atoms with Crippen LogP contribution in [0.4, 0.5) is 22.7 Å². The van der Waals surface area contributed by atoms with Crippen LogP contribution in [0.2, 0.25) is 0 Å². The summed E-state index contributed by atoms with van der Waals surface area (Å²) in [7, 11) is 0. The monoisotopic (exact) mass is 333 g/mol. The first kappa shape index (κ1) is 14.7. The molecule has 0 fully saturated rings. The third kappa shape index (κ3) is 2.87. The van der Waals surface area contributed by atoms with Gasteiger partial charge in [0.25, 0.3) is 11.4 Å². The second kappa shape index (κ2) is 5.50. The van der Waals surface area contributed by atoms with Gasteiger partial charge in [0.15, 0.2) is 0 Å². The summed E-state index contributed by atoms with van der Waals surface area (Å²) in [6.07, 6.45) is 0. The fourth-order valence-corrected chi connectivity index (χ4v) is 2.70. The molecule has 0 saturated heterocycles. The lowest BCUT2D eigenvalue weighted by molar-refractivity contribution is -0.393. The van der Waals surface area contributed by atoms with Gasteiger partial charge < -0.3 is 9.73 Å². The SMILES string of the molecule is O=c1oc2ccc(Nc3ccc([N+](=O)[O-])cc3[N+](=O)[O-])cc2s1. The van der Waals surface area contributed by atoms with E-state index >= 15 is 0 Å². The Morgan fingerprint density at radius 1 is 1.04 bits per heavy atom. The number of hydrogen-bond donors (Lipinski definition) is 1. The van der Waals surface area contributed by atoms with E-state index in [0.29, 0.717) is 16.0 Å². The average Bonchev–Trinajstić information content (AvgIpc) is 2.86. The molecule has 3 rings (SSSR count). The Bertz CT molecular complexity index is 993. The zero-order valence-electron chi connectivity index (χ0n) is 11.2. The summed E-state index contributed by atoms with van der Waals surface area (Å²) in [4.78, 5) is 31.1. The number of rotatable bonds is 4. The molecule has 0 aliphatic heterocycles. The summed E-state index contributed by atoms with van der Waals surface area (Å²) >= 11 is 0.908. The Morgan fingerprint density at radius 3 is 2.52 bits per heavy atom. The summed E-state index contributed by atoms with van der Waals surface area (Å²) in [5.74, 6) is 0. The van der Waals surface area contributed by atoms with E-state index < -0.39 is 20.5 Å². The molecule has 1 N–H and O–H groups in total. The minimum atomic E-state index is -0.704. The minimum absolute atomic E-state index is 0.107. The lowest BCUT2D eigenvalue weighted by Crippen LogP contribution is -1.98. The van der Waals surface area contributed by atoms with Crippen LogP contribution < -0.4 is 10.3 Å². The smallest absolute Gasteiger partial charge is 0.396 e. The largest absolute Gasteiger partial charge is 0.414 e. The van der Waals surface area contributed by atoms with Gasteiger partial charge in [0.05, 0.1) is 20.6 Å². The maximum atomic E-state index is 11.2. The van der Waals surface area contributed by atoms with Crippen LogP contribution in [0.25, 0.3) is 10.3 Å². The van der Waals surface area contributed by atoms with E-state index in [4.69, 9.17) is 4.42 Å². The molecule has 1 aromatic heterocycles. The van der Waals surface area contributed by atoms with Crippen molar-refractivity contribution in [1.29, 1.82) is 0 Å². The van der Waals surface area contributed by atoms with Crippen molar-refractivity contribution in [1.82, 2.24) is 0 Å². The van der Waals surface area contributed by atoms with E-state index in [0.717, 1.165) is 17.4 Å². The molecule has 0 amide bonds. The van der Waals surface area contributed by atoms with Crippen LogP contribution in [0.5, 0.6) is 0 Å². The molecule has 0 aliphatic rings. The number of anilines is 2. The molecule has 0 saturated carbocycles. The van der Waals surface area contributed by atoms with Crippen molar-refractivity contribution in [3.8, 4) is 0 Å². The van der Waals surface area contributed by atoms with Gasteiger partial charge >= 0.3 is 4.94 Å². The van der Waals surface area contributed by atoms with Crippen LogP contribution >= 0.6 is 11.3 Å². The summed E-state index contributed by atoms with van der Waals surface area (Å²) in [5, 5.41) is 24.6. The third-order valence-electron chi connectivity index (χ3n) is 3.00. The van der Waals surface area contributed by atoms with Crippen molar-refractivity contribution in [2.24, 2.45) is 0 Å². The first-order valence-electron chi connectivity index (χ1n) is 6.17. The van der Waals surface area contributed by atoms with Crippen molar-refractivity contribution < 1.29 is 14.3 Å². The van der Waals surface area contributed by atoms with Crippen molar-refractivity contribution in [3.63, 3.8) is 0 Å². The van der Waals surface area contributed by atoms with E-state index in [2.05, 4.69) is 5.32 Å². The zero-order valence-corrected chi connectivity index (χ0v) is 12.0. The first-order valence-corrected chi connectivity index (χ1v) is 6.99. The summed E-state index contributed by atoms with van der Waals surface area (Å²) in [6, 6.07) is 8.07. The Labute approximate surface area is 131 Å². The van der Waals surface area contributed by atoms with Gasteiger partial charge in [-0.1, -0.05) is 11.3 Å². The average molecular weight is 333 g/mol. The van der Waals surface area contributed by atoms with Crippen LogP contribution in [-0.4, -0.2) is 9.85 Å². The predicted molar refractivity (Wildman–Crippen MR) is 83.4 cm³/mol. The maximum absolute atomic E-state index is 11.2. The molecule has 116 valence electrons. The van der Waals surface area contributed by atoms with Crippen LogP contribution in [0.3, 0.4) is 0 Å². The highest BCUT2D eigenvalue weighted by molar-refractivity contribution is 7.16. The van der Waals surface area contributed by atoms with Crippen LogP contribution in [0.15, 0.2) is 45.6 Å². The van der Waals surface area contributed by atoms with Gasteiger partial charge in [-0.15, -0.1) is 0 Å². The molecule has 0 bridgehead atoms. The summed E-state index contributed by atoms with van der Waals surface area (Å²) < 4.78 is 5.52. The van der Waals surface area contributed by atoms with Crippen molar-refractivity contribution in [3.05, 3.63) is 66.4 Å². The molecule has 0 radical (unpaired) electrons. The van der Waals surface area contributed by atoms with Gasteiger partial charge in [0.1, 0.15) is 11.3 Å². The van der Waals surface area contributed by atoms with Gasteiger partial charge in [0.2, 0.25) is 0 Å². The van der Waals surface area contributed by atoms with Gasteiger partial charge in [-0.05, 0) is 24.3 Å². The third-order valence-corrected chi connectivity index (χ3v) is 3.79. The second-order valence-corrected chi connectivity index (χ2v) is 5.43. The molecule has 0 atom stereocenters. The van der Waals surface area contributed by atoms with E-state index in [1.165, 1.54) is 12.1 Å². The van der Waals surface area contributed by atoms with Crippen molar-refractivity contribution in [2.75, 3.05) is 5.32 Å². The number of nitro benzene ring substituents is 2. The van der Waals surface area contributed by atoms with Gasteiger partial charge in [-0.25, -0.2) is 4.79 Å². The molecule has 0 spiro atoms. The molecule has 0 unspecified atom stereocenters. The number of nitrogens with one attached hydrogen (secondary N) is 1. The standard InChI is InChI=1S/C13H7N3O6S/c17-13-22-11-4-1-7(5-12(11)23-13)14-9-3-2-8(15(18)19)6-10(9)16(20)21/h1-6,14H. The second-order valence-electron chi connectivity index (χ2n) is 4.46. The first-order chi connectivity index (χ1) is 10.9. The van der Waals surface area contributed by atoms with E-state index in [1.807, 2.05) is 0 Å². The molecule has 2 aromatic carbocycles. The molecule has 0 aliphatic carbocycles. The lowest BCUT2D eigenvalue weighted by Gasteiger charge is -2.06. The molecular formula is C13H7N3O6S. The summed E-state index contributed by atoms with van der Waals surface area (Å²) in [5.41, 5.74) is 0.233. The van der Waals surface area contributed by atoms with Crippen LogP contribution in [-0.2, 0) is 0 Å². The highest BCUT2D eigenvalue weighted by Crippen LogP contribution is 2.32. The Kier molecular flexibility index (Phi) is 3.50. The maximum Gasteiger partial charge on any atom is 0.396 e. The number of non-ortho nitro benzene ring substituents is 1. The number of fused-ring (bicyclic) bond motifs is 1. The highest BCUT2D eigenvalue weighted by Gasteiger charge is 2.19. The molecular weight excluding hydrogens is 326 g/mol. The normalized spacial score (nSPS) is 10.6. The Hall–Kier alpha value is -3.27. The van der Waals surface area contributed by atoms with Crippen LogP contribution in [0.1, 0.15) is 0 Å². The van der Waals surface area contributed by atoms with Crippen LogP contribution in [0, 0.1) is 20.2 Å². The molecule has 1 heterocycles. The molecule has 3 aromatic rings. The molecule has 9 nitrogen and oxygen atoms in total. The lowest BCUT2D eigenvalue weighted by atomic mass is 10.2. The van der Waals surface area contributed by atoms with Crippen molar-refractivity contribution >= 4 is 44.4 Å². The number of nitro groups is 2. The van der Waals surface area contributed by atoms with Gasteiger partial charge in [-0.3, -0.25) is 20.2 Å². The van der Waals surface area contributed by atoms with E-state index in [9.17, 15) is 25.0 Å².